The Balaban J connectivity index is 2.11. The Bertz CT molecular complexity index is 763. The van der Waals surface area contributed by atoms with Crippen LogP contribution in [-0.4, -0.2) is 21.0 Å². The van der Waals surface area contributed by atoms with E-state index in [-0.39, 0.29) is 5.56 Å². The number of fused-ring (bicyclic) bond motifs is 1. The summed E-state index contributed by atoms with van der Waals surface area (Å²) in [4.78, 5) is 18.2. The Kier molecular flexibility index (Phi) is 2.83. The van der Waals surface area contributed by atoms with Crippen LogP contribution >= 0.6 is 15.9 Å². The summed E-state index contributed by atoms with van der Waals surface area (Å²) in [5, 5.41) is 9.91. The second kappa shape index (κ2) is 4.51. The number of benzene rings is 1. The molecule has 0 amide bonds. The van der Waals surface area contributed by atoms with Crippen LogP contribution in [0.5, 0.6) is 0 Å². The lowest BCUT2D eigenvalue weighted by Crippen LogP contribution is -1.96. The molecule has 2 aromatic heterocycles. The normalized spacial score (nSPS) is 10.8. The topological polar surface area (TPSA) is 66.0 Å². The van der Waals surface area contributed by atoms with Gasteiger partial charge in [-0.25, -0.2) is 4.79 Å². The number of aromatic carboxylic acids is 1. The maximum absolute atomic E-state index is 10.8. The predicted molar refractivity (Wildman–Crippen MR) is 76.2 cm³/mol. The quantitative estimate of drug-likeness (QED) is 0.757. The van der Waals surface area contributed by atoms with E-state index in [1.54, 1.807) is 12.1 Å². The maximum Gasteiger partial charge on any atom is 0.337 e. The van der Waals surface area contributed by atoms with Gasteiger partial charge in [-0.15, -0.1) is 0 Å². The molecule has 2 heterocycles. The van der Waals surface area contributed by atoms with Crippen molar-refractivity contribution >= 4 is 32.8 Å². The van der Waals surface area contributed by atoms with Crippen molar-refractivity contribution in [1.29, 1.82) is 0 Å². The highest BCUT2D eigenvalue weighted by Crippen LogP contribution is 2.29. The number of halogens is 1. The van der Waals surface area contributed by atoms with E-state index in [0.29, 0.717) is 0 Å². The highest BCUT2D eigenvalue weighted by molar-refractivity contribution is 9.10. The molecule has 4 nitrogen and oxygen atoms in total. The molecule has 94 valence electrons. The first kappa shape index (κ1) is 11.9. The summed E-state index contributed by atoms with van der Waals surface area (Å²) in [5.74, 6) is -0.970. The van der Waals surface area contributed by atoms with E-state index in [1.165, 1.54) is 6.20 Å². The number of hydrogen-bond donors (Lipinski definition) is 2. The van der Waals surface area contributed by atoms with Crippen molar-refractivity contribution in [3.8, 4) is 11.3 Å². The van der Waals surface area contributed by atoms with E-state index in [9.17, 15) is 4.79 Å². The Hall–Kier alpha value is -2.14. The number of pyridine rings is 1. The largest absolute Gasteiger partial charge is 0.478 e. The number of aromatic nitrogens is 2. The first-order valence-electron chi connectivity index (χ1n) is 5.61. The van der Waals surface area contributed by atoms with Crippen LogP contribution in [0.4, 0.5) is 0 Å². The summed E-state index contributed by atoms with van der Waals surface area (Å²) >= 11 is 3.42. The molecule has 0 atom stereocenters. The molecular formula is C14H9BrN2O2. The number of carbonyl (C=O) groups is 1. The van der Waals surface area contributed by atoms with E-state index in [4.69, 9.17) is 5.11 Å². The van der Waals surface area contributed by atoms with Gasteiger partial charge in [0.1, 0.15) is 0 Å². The summed E-state index contributed by atoms with van der Waals surface area (Å²) in [6.45, 7) is 0. The monoisotopic (exact) mass is 316 g/mol. The van der Waals surface area contributed by atoms with Crippen LogP contribution in [-0.2, 0) is 0 Å². The van der Waals surface area contributed by atoms with E-state index < -0.39 is 5.97 Å². The van der Waals surface area contributed by atoms with Crippen LogP contribution < -0.4 is 0 Å². The van der Waals surface area contributed by atoms with E-state index in [0.717, 1.165) is 26.6 Å². The van der Waals surface area contributed by atoms with Crippen molar-refractivity contribution in [3.63, 3.8) is 0 Å². The van der Waals surface area contributed by atoms with Gasteiger partial charge in [0.05, 0.1) is 11.3 Å². The third kappa shape index (κ3) is 2.13. The molecule has 0 radical (unpaired) electrons. The van der Waals surface area contributed by atoms with Crippen LogP contribution in [0.2, 0.25) is 0 Å². The third-order valence-corrected chi connectivity index (χ3v) is 3.42. The van der Waals surface area contributed by atoms with Gasteiger partial charge in [0, 0.05) is 33.3 Å². The molecule has 2 N–H and O–H groups in total. The fraction of sp³-hybridized carbons (Fsp3) is 0. The average molecular weight is 317 g/mol. The summed E-state index contributed by atoms with van der Waals surface area (Å²) in [5.41, 5.74) is 2.90. The zero-order valence-corrected chi connectivity index (χ0v) is 11.3. The first-order chi connectivity index (χ1) is 9.15. The SMILES string of the molecule is O=C(O)c1ccc(-c2c[nH]c3cc(Br)ccc23)nc1. The molecule has 0 aliphatic carbocycles. The molecule has 5 heteroatoms. The summed E-state index contributed by atoms with van der Waals surface area (Å²) in [6.07, 6.45) is 3.25. The van der Waals surface area contributed by atoms with Crippen LogP contribution in [0.1, 0.15) is 10.4 Å². The maximum atomic E-state index is 10.8. The lowest BCUT2D eigenvalue weighted by atomic mass is 10.1. The zero-order valence-electron chi connectivity index (χ0n) is 9.72. The molecular weight excluding hydrogens is 308 g/mol. The number of aromatic amines is 1. The van der Waals surface area contributed by atoms with Gasteiger partial charge in [-0.3, -0.25) is 4.98 Å². The fourth-order valence-electron chi connectivity index (χ4n) is 1.99. The standard InChI is InChI=1S/C14H9BrN2O2/c15-9-2-3-10-11(7-17-13(10)5-9)12-4-1-8(6-16-12)14(18)19/h1-7,17H,(H,18,19). The predicted octanol–water partition coefficient (Wildman–Crippen LogP) is 3.69. The molecule has 3 aromatic rings. The summed E-state index contributed by atoms with van der Waals surface area (Å²) in [7, 11) is 0. The van der Waals surface area contributed by atoms with Gasteiger partial charge in [-0.05, 0) is 24.3 Å². The number of H-pyrrole nitrogens is 1. The highest BCUT2D eigenvalue weighted by Gasteiger charge is 2.09. The molecule has 0 fully saturated rings. The van der Waals surface area contributed by atoms with Gasteiger partial charge >= 0.3 is 5.97 Å². The molecule has 0 saturated carbocycles. The van der Waals surface area contributed by atoms with Crippen molar-refractivity contribution in [3.05, 3.63) is 52.8 Å². The number of rotatable bonds is 2. The van der Waals surface area contributed by atoms with Gasteiger partial charge in [0.2, 0.25) is 0 Å². The number of carboxylic acids is 1. The first-order valence-corrected chi connectivity index (χ1v) is 6.41. The minimum Gasteiger partial charge on any atom is -0.478 e. The average Bonchev–Trinajstić information content (AvgIpc) is 2.81. The molecule has 0 saturated heterocycles. The minimum absolute atomic E-state index is 0.186. The zero-order chi connectivity index (χ0) is 13.4. The van der Waals surface area contributed by atoms with Gasteiger partial charge < -0.3 is 10.1 Å². The Morgan fingerprint density at radius 2 is 2.11 bits per heavy atom. The third-order valence-electron chi connectivity index (χ3n) is 2.93. The van der Waals surface area contributed by atoms with E-state index in [2.05, 4.69) is 25.9 Å². The summed E-state index contributed by atoms with van der Waals surface area (Å²) < 4.78 is 1.00. The fourth-order valence-corrected chi connectivity index (χ4v) is 2.35. The lowest BCUT2D eigenvalue weighted by molar-refractivity contribution is 0.0696. The molecule has 19 heavy (non-hydrogen) atoms. The van der Waals surface area contributed by atoms with E-state index in [1.807, 2.05) is 24.4 Å². The van der Waals surface area contributed by atoms with E-state index >= 15 is 0 Å². The minimum atomic E-state index is -0.970. The van der Waals surface area contributed by atoms with Crippen LogP contribution in [0.15, 0.2) is 47.2 Å². The van der Waals surface area contributed by atoms with Crippen molar-refractivity contribution in [2.45, 2.75) is 0 Å². The molecule has 0 aliphatic heterocycles. The molecule has 0 aliphatic rings. The number of hydrogen-bond acceptors (Lipinski definition) is 2. The highest BCUT2D eigenvalue weighted by atomic mass is 79.9. The van der Waals surface area contributed by atoms with Gasteiger partial charge in [0.25, 0.3) is 0 Å². The van der Waals surface area contributed by atoms with Gasteiger partial charge in [0.15, 0.2) is 0 Å². The number of carboxylic acid groups (broad SMARTS) is 1. The Morgan fingerprint density at radius 1 is 1.26 bits per heavy atom. The molecule has 0 unspecified atom stereocenters. The Morgan fingerprint density at radius 3 is 2.79 bits per heavy atom. The number of nitrogens with one attached hydrogen (secondary N) is 1. The lowest BCUT2D eigenvalue weighted by Gasteiger charge is -2.00. The van der Waals surface area contributed by atoms with Crippen molar-refractivity contribution in [2.75, 3.05) is 0 Å². The van der Waals surface area contributed by atoms with Crippen LogP contribution in [0.25, 0.3) is 22.2 Å². The van der Waals surface area contributed by atoms with Crippen molar-refractivity contribution in [2.24, 2.45) is 0 Å². The van der Waals surface area contributed by atoms with Gasteiger partial charge in [-0.2, -0.15) is 0 Å². The van der Waals surface area contributed by atoms with Crippen LogP contribution in [0.3, 0.4) is 0 Å². The van der Waals surface area contributed by atoms with Gasteiger partial charge in [-0.1, -0.05) is 22.0 Å². The smallest absolute Gasteiger partial charge is 0.337 e. The second-order valence-corrected chi connectivity index (χ2v) is 5.05. The van der Waals surface area contributed by atoms with Crippen molar-refractivity contribution < 1.29 is 9.90 Å². The van der Waals surface area contributed by atoms with Crippen molar-refractivity contribution in [1.82, 2.24) is 9.97 Å². The van der Waals surface area contributed by atoms with Crippen LogP contribution in [0, 0.1) is 0 Å². The number of nitrogens with zero attached hydrogens (tertiary/aromatic N) is 1. The summed E-state index contributed by atoms with van der Waals surface area (Å²) in [6, 6.07) is 9.23. The molecule has 0 bridgehead atoms. The second-order valence-electron chi connectivity index (χ2n) is 4.13. The Labute approximate surface area is 117 Å². The molecule has 0 spiro atoms. The molecule has 1 aromatic carbocycles. The molecule has 3 rings (SSSR count).